The Balaban J connectivity index is 0. The molecule has 0 aromatic carbocycles. The standard InChI is InChI=1S/C8H17NO.C6H12.C2H2/c1-6(2)8(10)5-9-7(3)4;1-2-4-6-5-3-1;1-2/h6-7,9H,5H2,1-4H3;1-6H2;1-2H. The van der Waals surface area contributed by atoms with Gasteiger partial charge in [0.1, 0.15) is 5.78 Å². The number of rotatable bonds is 4. The first kappa shape index (κ1) is 19.5. The van der Waals surface area contributed by atoms with Crippen molar-refractivity contribution in [3.8, 4) is 12.8 Å². The van der Waals surface area contributed by atoms with Crippen LogP contribution in [-0.2, 0) is 4.79 Å². The number of nitrogens with one attached hydrogen (secondary N) is 1. The molecule has 0 aromatic heterocycles. The molecule has 18 heavy (non-hydrogen) atoms. The summed E-state index contributed by atoms with van der Waals surface area (Å²) in [6.07, 6.45) is 17.0. The molecule has 0 aromatic rings. The zero-order valence-corrected chi connectivity index (χ0v) is 12.7. The van der Waals surface area contributed by atoms with E-state index in [0.717, 1.165) is 0 Å². The second kappa shape index (κ2) is 14.3. The van der Waals surface area contributed by atoms with E-state index in [9.17, 15) is 4.79 Å². The average Bonchev–Trinajstić information content (AvgIpc) is 2.40. The van der Waals surface area contributed by atoms with Gasteiger partial charge in [0.2, 0.25) is 0 Å². The molecule has 0 amide bonds. The lowest BCUT2D eigenvalue weighted by atomic mass is 10.0. The molecule has 1 fully saturated rings. The first-order valence-electron chi connectivity index (χ1n) is 7.13. The van der Waals surface area contributed by atoms with Crippen molar-refractivity contribution < 1.29 is 4.79 Å². The third kappa shape index (κ3) is 15.2. The molecule has 0 radical (unpaired) electrons. The fraction of sp³-hybridized carbons (Fsp3) is 0.812. The van der Waals surface area contributed by atoms with Gasteiger partial charge in [0.25, 0.3) is 0 Å². The molecule has 2 heteroatoms. The van der Waals surface area contributed by atoms with E-state index in [4.69, 9.17) is 0 Å². The van der Waals surface area contributed by atoms with Crippen LogP contribution < -0.4 is 5.32 Å². The van der Waals surface area contributed by atoms with Gasteiger partial charge in [-0.3, -0.25) is 4.79 Å². The number of Topliss-reactive ketones (excluding diaryl/α,β-unsaturated/α-hetero) is 1. The quantitative estimate of drug-likeness (QED) is 0.772. The van der Waals surface area contributed by atoms with Crippen LogP contribution in [0.5, 0.6) is 0 Å². The number of carbonyl (C=O) groups is 1. The van der Waals surface area contributed by atoms with Crippen LogP contribution in [0.4, 0.5) is 0 Å². The fourth-order valence-electron chi connectivity index (χ4n) is 1.57. The lowest BCUT2D eigenvalue weighted by Crippen LogP contribution is -2.31. The van der Waals surface area contributed by atoms with Crippen LogP contribution in [0.3, 0.4) is 0 Å². The summed E-state index contributed by atoms with van der Waals surface area (Å²) in [6.45, 7) is 8.42. The predicted octanol–water partition coefficient (Wildman–Crippen LogP) is 3.80. The molecule has 1 aliphatic carbocycles. The van der Waals surface area contributed by atoms with Gasteiger partial charge < -0.3 is 5.32 Å². The first-order valence-corrected chi connectivity index (χ1v) is 7.13. The highest BCUT2D eigenvalue weighted by Gasteiger charge is 2.06. The molecule has 0 atom stereocenters. The summed E-state index contributed by atoms with van der Waals surface area (Å²) < 4.78 is 0. The van der Waals surface area contributed by atoms with Gasteiger partial charge in [-0.2, -0.15) is 0 Å². The third-order valence-corrected chi connectivity index (χ3v) is 2.83. The molecule has 0 spiro atoms. The number of hydrogen-bond donors (Lipinski definition) is 1. The second-order valence-corrected chi connectivity index (χ2v) is 5.28. The van der Waals surface area contributed by atoms with Gasteiger partial charge in [0.05, 0.1) is 6.54 Å². The van der Waals surface area contributed by atoms with Gasteiger partial charge >= 0.3 is 0 Å². The highest BCUT2D eigenvalue weighted by molar-refractivity contribution is 5.82. The van der Waals surface area contributed by atoms with E-state index in [2.05, 4.69) is 18.2 Å². The topological polar surface area (TPSA) is 29.1 Å². The molecule has 1 aliphatic rings. The number of ketones is 1. The van der Waals surface area contributed by atoms with Crippen LogP contribution in [0.2, 0.25) is 0 Å². The zero-order valence-electron chi connectivity index (χ0n) is 12.7. The van der Waals surface area contributed by atoms with Crippen LogP contribution in [0.1, 0.15) is 66.2 Å². The van der Waals surface area contributed by atoms with E-state index in [1.165, 1.54) is 38.5 Å². The van der Waals surface area contributed by atoms with Gasteiger partial charge in [0, 0.05) is 12.0 Å². The Morgan fingerprint density at radius 1 is 0.944 bits per heavy atom. The summed E-state index contributed by atoms with van der Waals surface area (Å²) in [4.78, 5) is 11.0. The van der Waals surface area contributed by atoms with Crippen molar-refractivity contribution in [2.75, 3.05) is 6.54 Å². The van der Waals surface area contributed by atoms with Crippen LogP contribution in [0.15, 0.2) is 0 Å². The monoisotopic (exact) mass is 253 g/mol. The van der Waals surface area contributed by atoms with Gasteiger partial charge in [-0.25, -0.2) is 0 Å². The molecule has 0 unspecified atom stereocenters. The molecular weight excluding hydrogens is 222 g/mol. The summed E-state index contributed by atoms with van der Waals surface area (Å²) in [5.41, 5.74) is 0. The lowest BCUT2D eigenvalue weighted by Gasteiger charge is -2.08. The first-order chi connectivity index (χ1) is 8.54. The van der Waals surface area contributed by atoms with Crippen LogP contribution in [0, 0.1) is 18.8 Å². The highest BCUT2D eigenvalue weighted by Crippen LogP contribution is 2.15. The number of carbonyl (C=O) groups excluding carboxylic acids is 1. The van der Waals surface area contributed by atoms with E-state index in [0.29, 0.717) is 12.6 Å². The molecule has 1 rings (SSSR count). The molecule has 0 heterocycles. The van der Waals surface area contributed by atoms with Crippen molar-refractivity contribution in [1.82, 2.24) is 5.32 Å². The summed E-state index contributed by atoms with van der Waals surface area (Å²) in [5, 5.41) is 3.08. The second-order valence-electron chi connectivity index (χ2n) is 5.28. The maximum absolute atomic E-state index is 11.0. The Bertz CT molecular complexity index is 191. The van der Waals surface area contributed by atoms with E-state index < -0.39 is 0 Å². The van der Waals surface area contributed by atoms with Crippen molar-refractivity contribution >= 4 is 5.78 Å². The molecule has 0 saturated heterocycles. The Kier molecular flexibility index (Phi) is 15.5. The maximum Gasteiger partial charge on any atom is 0.149 e. The summed E-state index contributed by atoms with van der Waals surface area (Å²) in [5.74, 6) is 0.444. The van der Waals surface area contributed by atoms with Crippen LogP contribution in [-0.4, -0.2) is 18.4 Å². The Labute approximate surface area is 114 Å². The van der Waals surface area contributed by atoms with Crippen molar-refractivity contribution in [2.45, 2.75) is 72.3 Å². The predicted molar refractivity (Wildman–Crippen MR) is 80.6 cm³/mol. The molecule has 0 bridgehead atoms. The average molecular weight is 253 g/mol. The SMILES string of the molecule is C#C.C1CCCCC1.CC(C)NCC(=O)C(C)C. The van der Waals surface area contributed by atoms with E-state index in [-0.39, 0.29) is 11.7 Å². The van der Waals surface area contributed by atoms with E-state index in [1.54, 1.807) is 0 Å². The van der Waals surface area contributed by atoms with Crippen LogP contribution >= 0.6 is 0 Å². The minimum absolute atomic E-state index is 0.159. The van der Waals surface area contributed by atoms with E-state index >= 15 is 0 Å². The van der Waals surface area contributed by atoms with Gasteiger partial charge in [-0.05, 0) is 0 Å². The van der Waals surface area contributed by atoms with Gasteiger partial charge in [-0.15, -0.1) is 12.8 Å². The van der Waals surface area contributed by atoms with Gasteiger partial charge in [0.15, 0.2) is 0 Å². The van der Waals surface area contributed by atoms with Crippen molar-refractivity contribution in [3.05, 3.63) is 0 Å². The third-order valence-electron chi connectivity index (χ3n) is 2.83. The molecule has 1 N–H and O–H groups in total. The number of terminal acetylenes is 1. The lowest BCUT2D eigenvalue weighted by molar-refractivity contribution is -0.121. The zero-order chi connectivity index (χ0) is 14.4. The van der Waals surface area contributed by atoms with Crippen molar-refractivity contribution in [1.29, 1.82) is 0 Å². The smallest absolute Gasteiger partial charge is 0.149 e. The summed E-state index contributed by atoms with van der Waals surface area (Å²) in [6, 6.07) is 0.405. The Morgan fingerprint density at radius 2 is 1.28 bits per heavy atom. The molecule has 0 aliphatic heterocycles. The minimum Gasteiger partial charge on any atom is -0.308 e. The minimum atomic E-state index is 0.159. The number of hydrogen-bond acceptors (Lipinski definition) is 2. The fourth-order valence-corrected chi connectivity index (χ4v) is 1.57. The summed E-state index contributed by atoms with van der Waals surface area (Å²) >= 11 is 0. The summed E-state index contributed by atoms with van der Waals surface area (Å²) in [7, 11) is 0. The highest BCUT2D eigenvalue weighted by atomic mass is 16.1. The van der Waals surface area contributed by atoms with Crippen LogP contribution in [0.25, 0.3) is 0 Å². The molecule has 106 valence electrons. The van der Waals surface area contributed by atoms with Crippen molar-refractivity contribution in [2.24, 2.45) is 5.92 Å². The Hall–Kier alpha value is -0.810. The molecule has 1 saturated carbocycles. The van der Waals surface area contributed by atoms with Crippen molar-refractivity contribution in [3.63, 3.8) is 0 Å². The largest absolute Gasteiger partial charge is 0.308 e. The maximum atomic E-state index is 11.0. The Morgan fingerprint density at radius 3 is 1.50 bits per heavy atom. The molecule has 2 nitrogen and oxygen atoms in total. The van der Waals surface area contributed by atoms with Gasteiger partial charge in [-0.1, -0.05) is 66.2 Å². The normalized spacial score (nSPS) is 14.2. The molecular formula is C16H31NO. The van der Waals surface area contributed by atoms with E-state index in [1.807, 2.05) is 27.7 Å².